The summed E-state index contributed by atoms with van der Waals surface area (Å²) in [5.74, 6) is -0.907. The molecule has 0 aliphatic heterocycles. The Morgan fingerprint density at radius 2 is 0.577 bits per heavy atom. The zero-order valence-electron chi connectivity index (χ0n) is 46.5. The van der Waals surface area contributed by atoms with E-state index < -0.39 is 6.10 Å². The Labute approximate surface area is 438 Å². The van der Waals surface area contributed by atoms with Crippen molar-refractivity contribution in [2.75, 3.05) is 13.2 Å². The van der Waals surface area contributed by atoms with E-state index >= 15 is 0 Å². The van der Waals surface area contributed by atoms with Crippen molar-refractivity contribution in [3.05, 3.63) is 97.2 Å². The molecule has 0 aromatic carbocycles. The first kappa shape index (κ1) is 67.3. The number of hydrogen-bond acceptors (Lipinski definition) is 6. The van der Waals surface area contributed by atoms with Crippen molar-refractivity contribution in [1.82, 2.24) is 0 Å². The predicted molar refractivity (Wildman–Crippen MR) is 307 cm³/mol. The molecule has 1 unspecified atom stereocenters. The fourth-order valence-electron chi connectivity index (χ4n) is 8.09. The molecule has 0 radical (unpaired) electrons. The molecular formula is C65H110O6. The predicted octanol–water partition coefficient (Wildman–Crippen LogP) is 20.1. The molecule has 6 heteroatoms. The molecule has 0 N–H and O–H groups in total. The molecule has 71 heavy (non-hydrogen) atoms. The van der Waals surface area contributed by atoms with Crippen molar-refractivity contribution in [2.45, 2.75) is 284 Å². The molecule has 0 aliphatic rings. The molecule has 0 saturated heterocycles. The SMILES string of the molecule is CC/C=C\C/C=C\C/C=C\C/C=C\C/C=C\CCCCCCCCCCCC(=O)OCC(COC(=O)CCCCCCC/C=C\CCC)OC(=O)CCCCCCCCC/C=C\C/C=C\CCCCCC. The minimum atomic E-state index is -0.788. The number of allylic oxidation sites excluding steroid dienone is 16. The van der Waals surface area contributed by atoms with E-state index in [9.17, 15) is 14.4 Å². The quantitative estimate of drug-likeness (QED) is 0.0261. The molecule has 0 amide bonds. The van der Waals surface area contributed by atoms with Crippen LogP contribution < -0.4 is 0 Å². The average Bonchev–Trinajstić information content (AvgIpc) is 3.37. The van der Waals surface area contributed by atoms with Gasteiger partial charge in [-0.1, -0.05) is 240 Å². The molecule has 6 nitrogen and oxygen atoms in total. The topological polar surface area (TPSA) is 78.9 Å². The van der Waals surface area contributed by atoms with E-state index in [0.29, 0.717) is 19.3 Å². The van der Waals surface area contributed by atoms with Crippen LogP contribution in [-0.2, 0) is 28.6 Å². The van der Waals surface area contributed by atoms with Crippen LogP contribution in [0.25, 0.3) is 0 Å². The fraction of sp³-hybridized carbons (Fsp3) is 0.708. The second-order valence-corrected chi connectivity index (χ2v) is 19.5. The largest absolute Gasteiger partial charge is 0.462 e. The van der Waals surface area contributed by atoms with Crippen molar-refractivity contribution in [3.63, 3.8) is 0 Å². The maximum atomic E-state index is 12.9. The van der Waals surface area contributed by atoms with E-state index in [-0.39, 0.29) is 31.1 Å². The van der Waals surface area contributed by atoms with Crippen molar-refractivity contribution in [1.29, 1.82) is 0 Å². The third-order valence-electron chi connectivity index (χ3n) is 12.5. The molecule has 0 heterocycles. The normalized spacial score (nSPS) is 12.8. The summed E-state index contributed by atoms with van der Waals surface area (Å²) in [5.41, 5.74) is 0. The number of esters is 3. The maximum absolute atomic E-state index is 12.9. The third kappa shape index (κ3) is 57.1. The summed E-state index contributed by atoms with van der Waals surface area (Å²) in [6, 6.07) is 0. The molecular weight excluding hydrogens is 877 g/mol. The molecule has 406 valence electrons. The number of unbranched alkanes of at least 4 members (excludes halogenated alkanes) is 26. The number of ether oxygens (including phenoxy) is 3. The van der Waals surface area contributed by atoms with Gasteiger partial charge >= 0.3 is 17.9 Å². The number of rotatable bonds is 53. The lowest BCUT2D eigenvalue weighted by atomic mass is 10.1. The Morgan fingerprint density at radius 1 is 0.296 bits per heavy atom. The second-order valence-electron chi connectivity index (χ2n) is 19.5. The van der Waals surface area contributed by atoms with E-state index in [4.69, 9.17) is 14.2 Å². The van der Waals surface area contributed by atoms with Crippen molar-refractivity contribution >= 4 is 17.9 Å². The smallest absolute Gasteiger partial charge is 0.306 e. The van der Waals surface area contributed by atoms with Gasteiger partial charge in [-0.3, -0.25) is 14.4 Å². The highest BCUT2D eigenvalue weighted by Crippen LogP contribution is 2.15. The molecule has 0 bridgehead atoms. The molecule has 0 saturated carbocycles. The van der Waals surface area contributed by atoms with E-state index in [1.54, 1.807) is 0 Å². The first-order chi connectivity index (χ1) is 35.0. The van der Waals surface area contributed by atoms with Gasteiger partial charge in [-0.05, 0) is 116 Å². The van der Waals surface area contributed by atoms with Crippen LogP contribution in [0.5, 0.6) is 0 Å². The van der Waals surface area contributed by atoms with E-state index in [2.05, 4.69) is 118 Å². The summed E-state index contributed by atoms with van der Waals surface area (Å²) in [6.45, 7) is 6.44. The van der Waals surface area contributed by atoms with Gasteiger partial charge in [0.05, 0.1) is 0 Å². The van der Waals surface area contributed by atoms with E-state index in [1.807, 2.05) is 0 Å². The van der Waals surface area contributed by atoms with Crippen LogP contribution in [0.3, 0.4) is 0 Å². The molecule has 0 aromatic rings. The van der Waals surface area contributed by atoms with Crippen molar-refractivity contribution in [3.8, 4) is 0 Å². The van der Waals surface area contributed by atoms with Crippen LogP contribution in [0, 0.1) is 0 Å². The van der Waals surface area contributed by atoms with Gasteiger partial charge < -0.3 is 14.2 Å². The Hall–Kier alpha value is -3.67. The van der Waals surface area contributed by atoms with Gasteiger partial charge in [0, 0.05) is 19.3 Å². The van der Waals surface area contributed by atoms with Crippen LogP contribution in [0.2, 0.25) is 0 Å². The zero-order valence-corrected chi connectivity index (χ0v) is 46.5. The number of carbonyl (C=O) groups excluding carboxylic acids is 3. The van der Waals surface area contributed by atoms with Crippen LogP contribution in [0.1, 0.15) is 278 Å². The minimum Gasteiger partial charge on any atom is -0.462 e. The summed E-state index contributed by atoms with van der Waals surface area (Å²) < 4.78 is 16.8. The molecule has 0 aromatic heterocycles. The highest BCUT2D eigenvalue weighted by molar-refractivity contribution is 5.71. The standard InChI is InChI=1S/C65H110O6/c1-4-7-10-13-16-19-22-24-26-28-30-31-32-33-34-35-36-38-39-41-43-46-49-52-55-58-64(67)70-61-62(60-69-63(66)57-54-51-48-45-21-18-15-12-9-6-3)71-65(68)59-56-53-50-47-44-42-40-37-29-27-25-23-20-17-14-11-8-5-2/h7,10,12,15-16,19-20,23-24,26-27,29-31,33-34,62H,4-6,8-9,11,13-14,17-18,21-22,25,28,32,35-61H2,1-3H3/b10-7-,15-12-,19-16-,23-20-,26-24-,29-27-,31-30-,34-33-. The van der Waals surface area contributed by atoms with E-state index in [1.165, 1.54) is 116 Å². The first-order valence-electron chi connectivity index (χ1n) is 29.7. The van der Waals surface area contributed by atoms with Crippen LogP contribution >= 0.6 is 0 Å². The van der Waals surface area contributed by atoms with Gasteiger partial charge in [-0.25, -0.2) is 0 Å². The van der Waals surface area contributed by atoms with E-state index in [0.717, 1.165) is 122 Å². The van der Waals surface area contributed by atoms with Gasteiger partial charge in [0.15, 0.2) is 6.10 Å². The molecule has 0 aliphatic carbocycles. The average molecular weight is 988 g/mol. The second kappa shape index (κ2) is 58.9. The summed E-state index contributed by atoms with van der Waals surface area (Å²) in [5, 5.41) is 0. The monoisotopic (exact) mass is 987 g/mol. The molecule has 0 fully saturated rings. The Kier molecular flexibility index (Phi) is 55.9. The van der Waals surface area contributed by atoms with Gasteiger partial charge in [0.25, 0.3) is 0 Å². The van der Waals surface area contributed by atoms with Gasteiger partial charge in [0.1, 0.15) is 13.2 Å². The van der Waals surface area contributed by atoms with Crippen LogP contribution in [0.15, 0.2) is 97.2 Å². The lowest BCUT2D eigenvalue weighted by Gasteiger charge is -2.18. The lowest BCUT2D eigenvalue weighted by Crippen LogP contribution is -2.30. The maximum Gasteiger partial charge on any atom is 0.306 e. The van der Waals surface area contributed by atoms with Gasteiger partial charge in [0.2, 0.25) is 0 Å². The number of hydrogen-bond donors (Lipinski definition) is 0. The summed E-state index contributed by atoms with van der Waals surface area (Å²) in [4.78, 5) is 38.1. The summed E-state index contributed by atoms with van der Waals surface area (Å²) in [7, 11) is 0. The Morgan fingerprint density at radius 3 is 0.930 bits per heavy atom. The highest BCUT2D eigenvalue weighted by atomic mass is 16.6. The first-order valence-corrected chi connectivity index (χ1v) is 29.7. The fourth-order valence-corrected chi connectivity index (χ4v) is 8.09. The Balaban J connectivity index is 4.30. The van der Waals surface area contributed by atoms with Crippen molar-refractivity contribution in [2.24, 2.45) is 0 Å². The molecule has 0 rings (SSSR count). The van der Waals surface area contributed by atoms with Crippen molar-refractivity contribution < 1.29 is 28.6 Å². The van der Waals surface area contributed by atoms with Crippen LogP contribution in [0.4, 0.5) is 0 Å². The third-order valence-corrected chi connectivity index (χ3v) is 12.5. The summed E-state index contributed by atoms with van der Waals surface area (Å²) >= 11 is 0. The van der Waals surface area contributed by atoms with Gasteiger partial charge in [-0.2, -0.15) is 0 Å². The van der Waals surface area contributed by atoms with Gasteiger partial charge in [-0.15, -0.1) is 0 Å². The zero-order chi connectivity index (χ0) is 51.4. The Bertz CT molecular complexity index is 1410. The minimum absolute atomic E-state index is 0.0867. The summed E-state index contributed by atoms with van der Waals surface area (Å²) in [6.07, 6.45) is 78.3. The lowest BCUT2D eigenvalue weighted by molar-refractivity contribution is -0.167. The highest BCUT2D eigenvalue weighted by Gasteiger charge is 2.19. The number of carbonyl (C=O) groups is 3. The van der Waals surface area contributed by atoms with Crippen LogP contribution in [-0.4, -0.2) is 37.2 Å². The molecule has 0 spiro atoms. The molecule has 1 atom stereocenters.